The van der Waals surface area contributed by atoms with Crippen molar-refractivity contribution >= 4 is 21.8 Å². The van der Waals surface area contributed by atoms with Crippen LogP contribution in [0.1, 0.15) is 43.1 Å². The second-order valence-electron chi connectivity index (χ2n) is 5.86. The van der Waals surface area contributed by atoms with Gasteiger partial charge in [-0.15, -0.1) is 0 Å². The lowest BCUT2D eigenvalue weighted by atomic mass is 9.87. The summed E-state index contributed by atoms with van der Waals surface area (Å²) in [4.78, 5) is 12.2. The highest BCUT2D eigenvalue weighted by molar-refractivity contribution is 9.10. The highest BCUT2D eigenvalue weighted by Crippen LogP contribution is 2.22. The molecule has 1 aromatic rings. The minimum absolute atomic E-state index is 0.0718. The van der Waals surface area contributed by atoms with Gasteiger partial charge < -0.3 is 10.4 Å². The van der Waals surface area contributed by atoms with Gasteiger partial charge in [0.2, 0.25) is 0 Å². The van der Waals surface area contributed by atoms with E-state index in [0.29, 0.717) is 18.5 Å². The van der Waals surface area contributed by atoms with Crippen molar-refractivity contribution in [3.63, 3.8) is 0 Å². The second-order valence-corrected chi connectivity index (χ2v) is 6.77. The lowest BCUT2D eigenvalue weighted by Gasteiger charge is -2.26. The van der Waals surface area contributed by atoms with Crippen molar-refractivity contribution in [3.05, 3.63) is 33.8 Å². The maximum Gasteiger partial charge on any atom is 0.251 e. The summed E-state index contributed by atoms with van der Waals surface area (Å²) in [6.45, 7) is 8.30. The predicted molar refractivity (Wildman–Crippen MR) is 81.3 cm³/mol. The van der Waals surface area contributed by atoms with Gasteiger partial charge in [-0.1, -0.05) is 35.8 Å². The van der Waals surface area contributed by atoms with E-state index in [9.17, 15) is 9.90 Å². The second kappa shape index (κ2) is 6.53. The molecule has 0 saturated heterocycles. The molecule has 4 heteroatoms. The molecule has 1 amide bonds. The van der Waals surface area contributed by atoms with Crippen molar-refractivity contribution < 1.29 is 9.90 Å². The zero-order valence-corrected chi connectivity index (χ0v) is 13.5. The van der Waals surface area contributed by atoms with Crippen LogP contribution in [0.4, 0.5) is 0 Å². The normalized spacial score (nSPS) is 13.2. The van der Waals surface area contributed by atoms with E-state index in [1.54, 1.807) is 6.92 Å². The van der Waals surface area contributed by atoms with Crippen LogP contribution in [0.25, 0.3) is 0 Å². The molecule has 1 unspecified atom stereocenters. The molecule has 1 rings (SSSR count). The van der Waals surface area contributed by atoms with Gasteiger partial charge >= 0.3 is 0 Å². The minimum atomic E-state index is -0.362. The van der Waals surface area contributed by atoms with Gasteiger partial charge in [-0.05, 0) is 43.4 Å². The maximum absolute atomic E-state index is 12.2. The van der Waals surface area contributed by atoms with Crippen molar-refractivity contribution in [2.75, 3.05) is 6.54 Å². The molecule has 2 N–H and O–H groups in total. The fraction of sp³-hybridized carbons (Fsp3) is 0.533. The number of aryl methyl sites for hydroxylation is 1. The Labute approximate surface area is 123 Å². The molecule has 1 atom stereocenters. The molecule has 0 aromatic heterocycles. The van der Waals surface area contributed by atoms with Gasteiger partial charge in [0.05, 0.1) is 6.10 Å². The molecule has 0 fully saturated rings. The number of halogens is 1. The Morgan fingerprint density at radius 2 is 2.11 bits per heavy atom. The van der Waals surface area contributed by atoms with Crippen molar-refractivity contribution in [2.24, 2.45) is 5.41 Å². The van der Waals surface area contributed by atoms with Crippen LogP contribution in [-0.4, -0.2) is 23.7 Å². The highest BCUT2D eigenvalue weighted by atomic mass is 79.9. The molecule has 0 spiro atoms. The van der Waals surface area contributed by atoms with Gasteiger partial charge in [0, 0.05) is 16.6 Å². The molecular weight excluding hydrogens is 306 g/mol. The summed E-state index contributed by atoms with van der Waals surface area (Å²) in [5, 5.41) is 12.4. The standard InChI is InChI=1S/C15H22BrNO2/c1-10-5-6-12(16)7-13(10)14(19)17-9-15(3,4)8-11(2)18/h5-7,11,18H,8-9H2,1-4H3,(H,17,19). The number of amides is 1. The molecular formula is C15H22BrNO2. The Hall–Kier alpha value is -0.870. The molecule has 0 bridgehead atoms. The van der Waals surface area contributed by atoms with Crippen LogP contribution in [0.3, 0.4) is 0 Å². The van der Waals surface area contributed by atoms with E-state index in [1.807, 2.05) is 39.0 Å². The predicted octanol–water partition coefficient (Wildman–Crippen LogP) is 3.28. The molecule has 0 aliphatic heterocycles. The summed E-state index contributed by atoms with van der Waals surface area (Å²) in [5.74, 6) is -0.0718. The Morgan fingerprint density at radius 3 is 2.68 bits per heavy atom. The molecule has 19 heavy (non-hydrogen) atoms. The summed E-state index contributed by atoms with van der Waals surface area (Å²) < 4.78 is 0.895. The zero-order valence-electron chi connectivity index (χ0n) is 12.0. The molecule has 0 heterocycles. The SMILES string of the molecule is Cc1ccc(Br)cc1C(=O)NCC(C)(C)CC(C)O. The first kappa shape index (κ1) is 16.2. The van der Waals surface area contributed by atoms with Crippen LogP contribution >= 0.6 is 15.9 Å². The summed E-state index contributed by atoms with van der Waals surface area (Å²) in [5.41, 5.74) is 1.51. The first-order chi connectivity index (χ1) is 8.71. The first-order valence-corrected chi connectivity index (χ1v) is 7.23. The van der Waals surface area contributed by atoms with Crippen LogP contribution in [0, 0.1) is 12.3 Å². The number of hydrogen-bond donors (Lipinski definition) is 2. The molecule has 1 aromatic carbocycles. The lowest BCUT2D eigenvalue weighted by molar-refractivity contribution is 0.0901. The third-order valence-electron chi connectivity index (χ3n) is 3.02. The van der Waals surface area contributed by atoms with E-state index < -0.39 is 0 Å². The largest absolute Gasteiger partial charge is 0.393 e. The lowest BCUT2D eigenvalue weighted by Crippen LogP contribution is -2.36. The number of nitrogens with one attached hydrogen (secondary N) is 1. The van der Waals surface area contributed by atoms with Crippen molar-refractivity contribution in [1.29, 1.82) is 0 Å². The molecule has 106 valence electrons. The fourth-order valence-electron chi connectivity index (χ4n) is 2.13. The Kier molecular flexibility index (Phi) is 5.56. The smallest absolute Gasteiger partial charge is 0.251 e. The zero-order chi connectivity index (χ0) is 14.6. The van der Waals surface area contributed by atoms with E-state index in [2.05, 4.69) is 21.2 Å². The molecule has 3 nitrogen and oxygen atoms in total. The topological polar surface area (TPSA) is 49.3 Å². The number of carbonyl (C=O) groups excluding carboxylic acids is 1. The van der Waals surface area contributed by atoms with E-state index >= 15 is 0 Å². The third kappa shape index (κ3) is 5.33. The number of aliphatic hydroxyl groups excluding tert-OH is 1. The van der Waals surface area contributed by atoms with Gasteiger partial charge in [0.1, 0.15) is 0 Å². The van der Waals surface area contributed by atoms with Gasteiger partial charge in [-0.25, -0.2) is 0 Å². The summed E-state index contributed by atoms with van der Waals surface area (Å²) in [6.07, 6.45) is 0.296. The average molecular weight is 328 g/mol. The van der Waals surface area contributed by atoms with E-state index in [4.69, 9.17) is 0 Å². The monoisotopic (exact) mass is 327 g/mol. The Bertz CT molecular complexity index is 455. The maximum atomic E-state index is 12.2. The summed E-state index contributed by atoms with van der Waals surface area (Å²) >= 11 is 3.37. The number of carbonyl (C=O) groups is 1. The quantitative estimate of drug-likeness (QED) is 0.871. The Balaban J connectivity index is 2.68. The first-order valence-electron chi connectivity index (χ1n) is 6.44. The molecule has 0 aliphatic carbocycles. The van der Waals surface area contributed by atoms with Gasteiger partial charge in [-0.3, -0.25) is 4.79 Å². The number of rotatable bonds is 5. The number of benzene rings is 1. The van der Waals surface area contributed by atoms with Crippen LogP contribution in [0.5, 0.6) is 0 Å². The third-order valence-corrected chi connectivity index (χ3v) is 3.51. The number of aliphatic hydroxyl groups is 1. The molecule has 0 radical (unpaired) electrons. The van der Waals surface area contributed by atoms with Crippen molar-refractivity contribution in [3.8, 4) is 0 Å². The van der Waals surface area contributed by atoms with Crippen LogP contribution < -0.4 is 5.32 Å². The fourth-order valence-corrected chi connectivity index (χ4v) is 2.49. The van der Waals surface area contributed by atoms with E-state index in [-0.39, 0.29) is 17.4 Å². The van der Waals surface area contributed by atoms with E-state index in [1.165, 1.54) is 0 Å². The van der Waals surface area contributed by atoms with Crippen LogP contribution in [0.15, 0.2) is 22.7 Å². The molecule has 0 saturated carbocycles. The molecule has 0 aliphatic rings. The van der Waals surface area contributed by atoms with Crippen molar-refractivity contribution in [2.45, 2.75) is 40.2 Å². The highest BCUT2D eigenvalue weighted by Gasteiger charge is 2.21. The van der Waals surface area contributed by atoms with Crippen molar-refractivity contribution in [1.82, 2.24) is 5.32 Å². The summed E-state index contributed by atoms with van der Waals surface area (Å²) in [6, 6.07) is 5.66. The average Bonchev–Trinajstić information content (AvgIpc) is 2.27. The van der Waals surface area contributed by atoms with Gasteiger partial charge in [0.15, 0.2) is 0 Å². The number of hydrogen-bond acceptors (Lipinski definition) is 2. The van der Waals surface area contributed by atoms with E-state index in [0.717, 1.165) is 10.0 Å². The minimum Gasteiger partial charge on any atom is -0.393 e. The summed E-state index contributed by atoms with van der Waals surface area (Å²) in [7, 11) is 0. The van der Waals surface area contributed by atoms with Crippen LogP contribution in [-0.2, 0) is 0 Å². The van der Waals surface area contributed by atoms with Gasteiger partial charge in [0.25, 0.3) is 5.91 Å². The van der Waals surface area contributed by atoms with Gasteiger partial charge in [-0.2, -0.15) is 0 Å². The van der Waals surface area contributed by atoms with Crippen LogP contribution in [0.2, 0.25) is 0 Å². The Morgan fingerprint density at radius 1 is 1.47 bits per heavy atom.